The fourth-order valence-electron chi connectivity index (χ4n) is 2.11. The second-order valence-corrected chi connectivity index (χ2v) is 4.73. The van der Waals surface area contributed by atoms with Gasteiger partial charge in [-0.2, -0.15) is 0 Å². The van der Waals surface area contributed by atoms with E-state index in [1.165, 1.54) is 0 Å². The molecule has 0 radical (unpaired) electrons. The first-order valence-electron chi connectivity index (χ1n) is 6.24. The fourth-order valence-corrected chi connectivity index (χ4v) is 2.11. The minimum absolute atomic E-state index is 0.102. The van der Waals surface area contributed by atoms with E-state index >= 15 is 0 Å². The van der Waals surface area contributed by atoms with Gasteiger partial charge in [-0.25, -0.2) is 4.98 Å². The van der Waals surface area contributed by atoms with Gasteiger partial charge >= 0.3 is 0 Å². The SMILES string of the molecule is CNc1cc(C(=O)N2CCN(C)CC2)cc(C)n1. The highest BCUT2D eigenvalue weighted by Crippen LogP contribution is 2.13. The van der Waals surface area contributed by atoms with Crippen molar-refractivity contribution in [3.05, 3.63) is 23.4 Å². The highest BCUT2D eigenvalue weighted by atomic mass is 16.2. The van der Waals surface area contributed by atoms with Crippen molar-refractivity contribution in [2.45, 2.75) is 6.92 Å². The topological polar surface area (TPSA) is 48.5 Å². The molecular weight excluding hydrogens is 228 g/mol. The summed E-state index contributed by atoms with van der Waals surface area (Å²) in [7, 11) is 3.89. The third-order valence-corrected chi connectivity index (χ3v) is 3.25. The Morgan fingerprint density at radius 3 is 2.56 bits per heavy atom. The van der Waals surface area contributed by atoms with Crippen LogP contribution in [0.25, 0.3) is 0 Å². The summed E-state index contributed by atoms with van der Waals surface area (Å²) in [5.41, 5.74) is 1.58. The number of carbonyl (C=O) groups is 1. The molecule has 98 valence electrons. The van der Waals surface area contributed by atoms with Gasteiger partial charge in [0.15, 0.2) is 0 Å². The van der Waals surface area contributed by atoms with Gasteiger partial charge in [0.25, 0.3) is 5.91 Å². The summed E-state index contributed by atoms with van der Waals surface area (Å²) >= 11 is 0. The van der Waals surface area contributed by atoms with Gasteiger partial charge in [0.1, 0.15) is 5.82 Å². The number of pyridine rings is 1. The standard InChI is InChI=1S/C13H20N4O/c1-10-8-11(9-12(14-2)15-10)13(18)17-6-4-16(3)5-7-17/h8-9H,4-7H2,1-3H3,(H,14,15). The number of anilines is 1. The molecule has 1 fully saturated rings. The summed E-state index contributed by atoms with van der Waals surface area (Å²) < 4.78 is 0. The summed E-state index contributed by atoms with van der Waals surface area (Å²) in [6, 6.07) is 3.66. The Morgan fingerprint density at radius 2 is 1.94 bits per heavy atom. The molecule has 0 unspecified atom stereocenters. The zero-order valence-electron chi connectivity index (χ0n) is 11.2. The maximum atomic E-state index is 12.4. The minimum Gasteiger partial charge on any atom is -0.373 e. The molecule has 0 atom stereocenters. The lowest BCUT2D eigenvalue weighted by molar-refractivity contribution is 0.0664. The second-order valence-electron chi connectivity index (χ2n) is 4.73. The summed E-state index contributed by atoms with van der Waals surface area (Å²) in [6.07, 6.45) is 0. The zero-order chi connectivity index (χ0) is 13.1. The maximum absolute atomic E-state index is 12.4. The van der Waals surface area contributed by atoms with E-state index in [2.05, 4.69) is 22.2 Å². The average molecular weight is 248 g/mol. The van der Waals surface area contributed by atoms with E-state index < -0.39 is 0 Å². The van der Waals surface area contributed by atoms with Crippen LogP contribution in [0.4, 0.5) is 5.82 Å². The van der Waals surface area contributed by atoms with Gasteiger partial charge in [-0.15, -0.1) is 0 Å². The Balaban J connectivity index is 2.15. The number of aryl methyl sites for hydroxylation is 1. The third-order valence-electron chi connectivity index (χ3n) is 3.25. The van der Waals surface area contributed by atoms with Gasteiger partial charge in [0.05, 0.1) is 0 Å². The Labute approximate surface area is 108 Å². The molecule has 0 aliphatic carbocycles. The first-order valence-corrected chi connectivity index (χ1v) is 6.24. The monoisotopic (exact) mass is 248 g/mol. The Hall–Kier alpha value is -1.62. The van der Waals surface area contributed by atoms with Crippen molar-refractivity contribution in [3.8, 4) is 0 Å². The van der Waals surface area contributed by atoms with Gasteiger partial charge in [-0.1, -0.05) is 0 Å². The van der Waals surface area contributed by atoms with Crippen molar-refractivity contribution in [1.29, 1.82) is 0 Å². The Kier molecular flexibility index (Phi) is 3.81. The molecule has 1 saturated heterocycles. The molecule has 5 nitrogen and oxygen atoms in total. The summed E-state index contributed by atoms with van der Waals surface area (Å²) in [6.45, 7) is 5.38. The van der Waals surface area contributed by atoms with Crippen molar-refractivity contribution in [2.24, 2.45) is 0 Å². The number of likely N-dealkylation sites (N-methyl/N-ethyl adjacent to an activating group) is 1. The number of amides is 1. The van der Waals surface area contributed by atoms with Crippen LogP contribution in [0, 0.1) is 6.92 Å². The first kappa shape index (κ1) is 12.8. The number of nitrogens with one attached hydrogen (secondary N) is 1. The molecule has 1 amide bonds. The van der Waals surface area contributed by atoms with E-state index in [4.69, 9.17) is 0 Å². The van der Waals surface area contributed by atoms with Crippen LogP contribution in [-0.4, -0.2) is 61.0 Å². The van der Waals surface area contributed by atoms with Crippen LogP contribution in [-0.2, 0) is 0 Å². The molecule has 5 heteroatoms. The van der Waals surface area contributed by atoms with Crippen LogP contribution in [0.5, 0.6) is 0 Å². The Morgan fingerprint density at radius 1 is 1.28 bits per heavy atom. The molecule has 0 spiro atoms. The van der Waals surface area contributed by atoms with Gasteiger partial charge < -0.3 is 15.1 Å². The van der Waals surface area contributed by atoms with Crippen LogP contribution in [0.1, 0.15) is 16.1 Å². The number of rotatable bonds is 2. The molecule has 1 aliphatic rings. The lowest BCUT2D eigenvalue weighted by Gasteiger charge is -2.32. The van der Waals surface area contributed by atoms with E-state index in [-0.39, 0.29) is 5.91 Å². The van der Waals surface area contributed by atoms with Crippen molar-refractivity contribution < 1.29 is 4.79 Å². The normalized spacial score (nSPS) is 16.7. The second kappa shape index (κ2) is 5.35. The lowest BCUT2D eigenvalue weighted by atomic mass is 10.2. The summed E-state index contributed by atoms with van der Waals surface area (Å²) in [5, 5.41) is 2.98. The number of hydrogen-bond acceptors (Lipinski definition) is 4. The van der Waals surface area contributed by atoms with E-state index in [0.29, 0.717) is 0 Å². The van der Waals surface area contributed by atoms with Crippen molar-refractivity contribution in [3.63, 3.8) is 0 Å². The minimum atomic E-state index is 0.102. The lowest BCUT2D eigenvalue weighted by Crippen LogP contribution is -2.47. The molecule has 1 aliphatic heterocycles. The molecule has 0 bridgehead atoms. The van der Waals surface area contributed by atoms with Crippen LogP contribution in [0.2, 0.25) is 0 Å². The van der Waals surface area contributed by atoms with Crippen molar-refractivity contribution in [2.75, 3.05) is 45.6 Å². The van der Waals surface area contributed by atoms with Crippen molar-refractivity contribution >= 4 is 11.7 Å². The highest BCUT2D eigenvalue weighted by Gasteiger charge is 2.20. The van der Waals surface area contributed by atoms with Gasteiger partial charge in [-0.3, -0.25) is 4.79 Å². The molecule has 0 saturated carbocycles. The maximum Gasteiger partial charge on any atom is 0.254 e. The molecule has 2 heterocycles. The van der Waals surface area contributed by atoms with Crippen LogP contribution < -0.4 is 5.32 Å². The number of piperazine rings is 1. The average Bonchev–Trinajstić information content (AvgIpc) is 2.38. The summed E-state index contributed by atoms with van der Waals surface area (Å²) in [4.78, 5) is 20.8. The van der Waals surface area contributed by atoms with Crippen LogP contribution in [0.3, 0.4) is 0 Å². The predicted octanol–water partition coefficient (Wildman–Crippen LogP) is 0.819. The largest absolute Gasteiger partial charge is 0.373 e. The quantitative estimate of drug-likeness (QED) is 0.842. The molecule has 0 aromatic carbocycles. The third kappa shape index (κ3) is 2.79. The molecule has 1 N–H and O–H groups in total. The summed E-state index contributed by atoms with van der Waals surface area (Å²) in [5.74, 6) is 0.845. The van der Waals surface area contributed by atoms with Crippen molar-refractivity contribution in [1.82, 2.24) is 14.8 Å². The molecule has 1 aromatic heterocycles. The first-order chi connectivity index (χ1) is 8.60. The number of nitrogens with zero attached hydrogens (tertiary/aromatic N) is 3. The number of aromatic nitrogens is 1. The molecule has 2 rings (SSSR count). The highest BCUT2D eigenvalue weighted by molar-refractivity contribution is 5.95. The number of carbonyl (C=O) groups excluding carboxylic acids is 1. The molecular formula is C13H20N4O. The Bertz CT molecular complexity index is 439. The predicted molar refractivity (Wildman–Crippen MR) is 71.9 cm³/mol. The molecule has 1 aromatic rings. The number of hydrogen-bond donors (Lipinski definition) is 1. The smallest absolute Gasteiger partial charge is 0.254 e. The van der Waals surface area contributed by atoms with Gasteiger partial charge in [-0.05, 0) is 26.1 Å². The van der Waals surface area contributed by atoms with Crippen LogP contribution in [0.15, 0.2) is 12.1 Å². The van der Waals surface area contributed by atoms with E-state index in [0.717, 1.165) is 43.3 Å². The van der Waals surface area contributed by atoms with Crippen LogP contribution >= 0.6 is 0 Å². The van der Waals surface area contributed by atoms with Gasteiger partial charge in [0, 0.05) is 44.5 Å². The van der Waals surface area contributed by atoms with E-state index in [9.17, 15) is 4.79 Å². The van der Waals surface area contributed by atoms with E-state index in [1.807, 2.05) is 31.0 Å². The van der Waals surface area contributed by atoms with Gasteiger partial charge in [0.2, 0.25) is 0 Å². The molecule has 18 heavy (non-hydrogen) atoms. The fraction of sp³-hybridized carbons (Fsp3) is 0.538. The van der Waals surface area contributed by atoms with E-state index in [1.54, 1.807) is 0 Å². The zero-order valence-corrected chi connectivity index (χ0v) is 11.2.